The van der Waals surface area contributed by atoms with Crippen LogP contribution in [0.15, 0.2) is 24.3 Å². The third-order valence-corrected chi connectivity index (χ3v) is 3.30. The topological polar surface area (TPSA) is 76.1 Å². The summed E-state index contributed by atoms with van der Waals surface area (Å²) in [5.41, 5.74) is -0.911. The number of ether oxygens (including phenoxy) is 2. The number of aliphatic carboxylic acids is 1. The van der Waals surface area contributed by atoms with Gasteiger partial charge in [0.25, 0.3) is 5.91 Å². The second-order valence-corrected chi connectivity index (χ2v) is 5.10. The number of carboxylic acid groups (broad SMARTS) is 1. The minimum Gasteiger partial charge on any atom is -0.491 e. The van der Waals surface area contributed by atoms with Crippen molar-refractivity contribution in [1.29, 1.82) is 0 Å². The quantitative estimate of drug-likeness (QED) is 0.774. The van der Waals surface area contributed by atoms with Crippen LogP contribution < -0.4 is 4.74 Å². The molecule has 0 atom stereocenters. The zero-order valence-corrected chi connectivity index (χ0v) is 12.8. The maximum absolute atomic E-state index is 12.4. The zero-order chi connectivity index (χ0) is 16.0. The van der Waals surface area contributed by atoms with Crippen molar-refractivity contribution in [3.05, 3.63) is 29.8 Å². The lowest BCUT2D eigenvalue weighted by atomic mass is 10.0. The van der Waals surface area contributed by atoms with E-state index in [9.17, 15) is 14.7 Å². The molecule has 0 saturated heterocycles. The monoisotopic (exact) mass is 295 g/mol. The fourth-order valence-electron chi connectivity index (χ4n) is 1.55. The molecule has 1 amide bonds. The molecular formula is C15H21NO5. The van der Waals surface area contributed by atoms with Crippen LogP contribution in [0.1, 0.15) is 24.2 Å². The second-order valence-electron chi connectivity index (χ2n) is 5.10. The highest BCUT2D eigenvalue weighted by atomic mass is 16.5. The average Bonchev–Trinajstić information content (AvgIpc) is 2.46. The minimum absolute atomic E-state index is 0.375. The van der Waals surface area contributed by atoms with Gasteiger partial charge in [0.1, 0.15) is 17.9 Å². The van der Waals surface area contributed by atoms with Crippen LogP contribution in [0.3, 0.4) is 0 Å². The van der Waals surface area contributed by atoms with E-state index in [-0.39, 0.29) is 5.91 Å². The molecule has 6 nitrogen and oxygen atoms in total. The molecule has 116 valence electrons. The lowest BCUT2D eigenvalue weighted by molar-refractivity contribution is -0.147. The highest BCUT2D eigenvalue weighted by Gasteiger charge is 2.35. The zero-order valence-electron chi connectivity index (χ0n) is 12.8. The summed E-state index contributed by atoms with van der Waals surface area (Å²) < 4.78 is 10.3. The van der Waals surface area contributed by atoms with Gasteiger partial charge in [0.15, 0.2) is 0 Å². The molecule has 0 bridgehead atoms. The van der Waals surface area contributed by atoms with Gasteiger partial charge in [-0.15, -0.1) is 0 Å². The van der Waals surface area contributed by atoms with Gasteiger partial charge in [-0.3, -0.25) is 4.79 Å². The van der Waals surface area contributed by atoms with E-state index in [1.807, 2.05) is 0 Å². The van der Waals surface area contributed by atoms with Crippen LogP contribution in [0.4, 0.5) is 0 Å². The maximum Gasteiger partial charge on any atom is 0.329 e. The van der Waals surface area contributed by atoms with Crippen molar-refractivity contribution in [2.24, 2.45) is 0 Å². The third-order valence-electron chi connectivity index (χ3n) is 3.30. The Kier molecular flexibility index (Phi) is 5.72. The van der Waals surface area contributed by atoms with Crippen molar-refractivity contribution in [2.45, 2.75) is 19.4 Å². The number of rotatable bonds is 7. The molecule has 0 fully saturated rings. The highest BCUT2D eigenvalue weighted by Crippen LogP contribution is 2.19. The molecule has 1 rings (SSSR count). The lowest BCUT2D eigenvalue weighted by Gasteiger charge is -2.31. The lowest BCUT2D eigenvalue weighted by Crippen LogP contribution is -2.50. The largest absolute Gasteiger partial charge is 0.491 e. The Bertz CT molecular complexity index is 513. The second kappa shape index (κ2) is 7.08. The number of nitrogens with zero attached hydrogens (tertiary/aromatic N) is 1. The van der Waals surface area contributed by atoms with Crippen molar-refractivity contribution in [2.75, 3.05) is 27.4 Å². The fourth-order valence-corrected chi connectivity index (χ4v) is 1.55. The Morgan fingerprint density at radius 1 is 1.29 bits per heavy atom. The van der Waals surface area contributed by atoms with E-state index in [2.05, 4.69) is 0 Å². The smallest absolute Gasteiger partial charge is 0.329 e. The molecule has 1 aromatic rings. The van der Waals surface area contributed by atoms with Crippen LogP contribution in [0.5, 0.6) is 5.75 Å². The molecule has 6 heteroatoms. The maximum atomic E-state index is 12.4. The normalized spacial score (nSPS) is 11.0. The predicted molar refractivity (Wildman–Crippen MR) is 77.6 cm³/mol. The molecule has 1 aromatic carbocycles. The molecule has 0 aliphatic heterocycles. The van der Waals surface area contributed by atoms with Crippen LogP contribution in [-0.2, 0) is 9.53 Å². The van der Waals surface area contributed by atoms with Gasteiger partial charge in [0.2, 0.25) is 0 Å². The number of carbonyl (C=O) groups excluding carboxylic acids is 1. The van der Waals surface area contributed by atoms with Gasteiger partial charge in [0, 0.05) is 19.7 Å². The summed E-state index contributed by atoms with van der Waals surface area (Å²) in [5, 5.41) is 9.17. The van der Waals surface area contributed by atoms with E-state index >= 15 is 0 Å². The first-order valence-electron chi connectivity index (χ1n) is 6.54. The van der Waals surface area contributed by atoms with Gasteiger partial charge in [0.05, 0.1) is 6.61 Å². The summed E-state index contributed by atoms with van der Waals surface area (Å²) in [4.78, 5) is 24.8. The van der Waals surface area contributed by atoms with Crippen LogP contribution >= 0.6 is 0 Å². The summed E-state index contributed by atoms with van der Waals surface area (Å²) in [6.45, 7) is 3.78. The van der Waals surface area contributed by atoms with Gasteiger partial charge in [-0.25, -0.2) is 4.79 Å². The van der Waals surface area contributed by atoms with E-state index in [4.69, 9.17) is 9.47 Å². The standard InChI is InChI=1S/C15H21NO5/c1-15(2,14(18)19)16(3)13(17)11-6-5-7-12(10-11)21-9-8-20-4/h5-7,10H,8-9H2,1-4H3,(H,18,19). The van der Waals surface area contributed by atoms with Crippen LogP contribution in [0, 0.1) is 0 Å². The molecular weight excluding hydrogens is 274 g/mol. The first-order chi connectivity index (χ1) is 9.80. The fraction of sp³-hybridized carbons (Fsp3) is 0.467. The summed E-state index contributed by atoms with van der Waals surface area (Å²) in [5.74, 6) is -0.898. The first-order valence-corrected chi connectivity index (χ1v) is 6.54. The molecule has 0 heterocycles. The molecule has 1 N–H and O–H groups in total. The number of carbonyl (C=O) groups is 2. The van der Waals surface area contributed by atoms with Crippen molar-refractivity contribution in [1.82, 2.24) is 4.90 Å². The van der Waals surface area contributed by atoms with Crippen LogP contribution in [0.25, 0.3) is 0 Å². The van der Waals surface area contributed by atoms with Crippen molar-refractivity contribution in [3.8, 4) is 5.75 Å². The number of carboxylic acids is 1. The number of methoxy groups -OCH3 is 1. The molecule has 0 aliphatic carbocycles. The van der Waals surface area contributed by atoms with Gasteiger partial charge in [-0.1, -0.05) is 6.07 Å². The average molecular weight is 295 g/mol. The van der Waals surface area contributed by atoms with Crippen LogP contribution in [-0.4, -0.2) is 54.8 Å². The van der Waals surface area contributed by atoms with Gasteiger partial charge in [-0.2, -0.15) is 0 Å². The molecule has 0 saturated carbocycles. The van der Waals surface area contributed by atoms with Crippen molar-refractivity contribution in [3.63, 3.8) is 0 Å². The first kappa shape index (κ1) is 17.0. The molecule has 0 radical (unpaired) electrons. The number of hydrogen-bond donors (Lipinski definition) is 1. The summed E-state index contributed by atoms with van der Waals surface area (Å²) in [6.07, 6.45) is 0. The molecule has 0 spiro atoms. The molecule has 0 unspecified atom stereocenters. The van der Waals surface area contributed by atoms with Gasteiger partial charge < -0.3 is 19.5 Å². The van der Waals surface area contributed by atoms with E-state index in [1.165, 1.54) is 25.8 Å². The number of benzene rings is 1. The number of hydrogen-bond acceptors (Lipinski definition) is 4. The minimum atomic E-state index is -1.29. The van der Waals surface area contributed by atoms with E-state index < -0.39 is 11.5 Å². The number of amides is 1. The predicted octanol–water partition coefficient (Wildman–Crippen LogP) is 1.65. The third kappa shape index (κ3) is 4.19. The SMILES string of the molecule is COCCOc1cccc(C(=O)N(C)C(C)(C)C(=O)O)c1. The Balaban J connectivity index is 2.87. The Morgan fingerprint density at radius 2 is 1.95 bits per heavy atom. The summed E-state index contributed by atoms with van der Waals surface area (Å²) in [7, 11) is 3.04. The Hall–Kier alpha value is -2.08. The van der Waals surface area contributed by atoms with E-state index in [1.54, 1.807) is 31.4 Å². The summed E-state index contributed by atoms with van der Waals surface area (Å²) >= 11 is 0. The highest BCUT2D eigenvalue weighted by molar-refractivity contribution is 5.97. The summed E-state index contributed by atoms with van der Waals surface area (Å²) in [6, 6.07) is 6.64. The van der Waals surface area contributed by atoms with Gasteiger partial charge >= 0.3 is 5.97 Å². The Morgan fingerprint density at radius 3 is 2.52 bits per heavy atom. The van der Waals surface area contributed by atoms with Crippen molar-refractivity contribution < 1.29 is 24.2 Å². The number of likely N-dealkylation sites (N-methyl/N-ethyl adjacent to an activating group) is 1. The molecule has 21 heavy (non-hydrogen) atoms. The van der Waals surface area contributed by atoms with Gasteiger partial charge in [-0.05, 0) is 32.0 Å². The van der Waals surface area contributed by atoms with Crippen molar-refractivity contribution >= 4 is 11.9 Å². The van der Waals surface area contributed by atoms with Crippen LogP contribution in [0.2, 0.25) is 0 Å². The van der Waals surface area contributed by atoms with E-state index in [0.717, 1.165) is 0 Å². The Labute approximate surface area is 124 Å². The molecule has 0 aliphatic rings. The van der Waals surface area contributed by atoms with E-state index in [0.29, 0.717) is 24.5 Å². The molecule has 0 aromatic heterocycles.